The second kappa shape index (κ2) is 27.7. The Hall–Kier alpha value is 2.16. The van der Waals surface area contributed by atoms with Gasteiger partial charge in [-0.15, -0.1) is 70.6 Å². The summed E-state index contributed by atoms with van der Waals surface area (Å²) < 4.78 is 25.3. The van der Waals surface area contributed by atoms with E-state index in [9.17, 15) is 0 Å². The van der Waals surface area contributed by atoms with Crippen molar-refractivity contribution in [2.24, 2.45) is 0 Å². The molecule has 0 aliphatic carbocycles. The monoisotopic (exact) mass is 1450 g/mol. The summed E-state index contributed by atoms with van der Waals surface area (Å²) in [7, 11) is 0. The number of thioether (sulfide) groups is 22. The van der Waals surface area contributed by atoms with E-state index in [1.54, 1.807) is 0 Å². The zero-order valence-corrected chi connectivity index (χ0v) is 60.0. The quantitative estimate of drug-likeness (QED) is 0.145. The van der Waals surface area contributed by atoms with Gasteiger partial charge in [-0.3, -0.25) is 0 Å². The Bertz CT molecular complexity index is 3170. The van der Waals surface area contributed by atoms with Gasteiger partial charge in [0, 0.05) is 53.8 Å². The normalized spacial score (nSPS) is 20.7. The molecule has 396 valence electrons. The maximum Gasteiger partial charge on any atom is 0.0718 e. The Kier molecular flexibility index (Phi) is 21.0. The van der Waals surface area contributed by atoms with Crippen LogP contribution in [-0.4, -0.2) is 34.2 Å². The van der Waals surface area contributed by atoms with Crippen LogP contribution in [0.1, 0.15) is 22.3 Å². The number of allylic oxidation sites excluding steroid dienone is 4. The third-order valence-corrected chi connectivity index (χ3v) is 44.1. The van der Waals surface area contributed by atoms with Crippen molar-refractivity contribution in [2.75, 3.05) is 34.2 Å². The van der Waals surface area contributed by atoms with Crippen molar-refractivity contribution in [3.05, 3.63) is 230 Å². The van der Waals surface area contributed by atoms with Gasteiger partial charge in [0.15, 0.2) is 0 Å². The highest BCUT2D eigenvalue weighted by atomic mass is 32.3. The number of hydrogen-bond donors (Lipinski definition) is 2. The first-order chi connectivity index (χ1) is 38.4. The Morgan fingerprint density at radius 3 is 0.795 bits per heavy atom. The molecule has 24 heteroatoms. The summed E-state index contributed by atoms with van der Waals surface area (Å²) in [5.41, 5.74) is 10.4. The minimum Gasteiger partial charge on any atom is -0.174 e. The SMILES string of the molecule is CSC1=C(SC)SC(=C2SC3=C(S2)SC(=C(C(=C2SC4=C(SCSC5=C(SCS4)SC(=C(C(=C4SC6=C(SC(=C7SC(CS)=C(CS)S7)S6)S4)c4ccccc4)c4ccccc4)S5)S2)c2ccccc2)c2ccccc2)S3)S1. The van der Waals surface area contributed by atoms with Crippen molar-refractivity contribution >= 4 is 306 Å². The zero-order chi connectivity index (χ0) is 52.7. The van der Waals surface area contributed by atoms with Crippen LogP contribution in [-0.2, 0) is 0 Å². The largest absolute Gasteiger partial charge is 0.174 e. The second-order valence-corrected chi connectivity index (χ2v) is 44.2. The molecular formula is C54H36S24. The number of rotatable bonds is 10. The van der Waals surface area contributed by atoms with E-state index in [0.29, 0.717) is 0 Å². The van der Waals surface area contributed by atoms with Gasteiger partial charge in [-0.2, -0.15) is 25.3 Å². The first-order valence-corrected chi connectivity index (χ1v) is 43.9. The molecule has 9 aliphatic rings. The lowest BCUT2D eigenvalue weighted by Gasteiger charge is -2.19. The van der Waals surface area contributed by atoms with E-state index in [2.05, 4.69) is 159 Å². The van der Waals surface area contributed by atoms with E-state index in [1.807, 2.05) is 259 Å². The molecule has 0 aromatic heterocycles. The fraction of sp³-hybridized carbons (Fsp3) is 0.111. The first kappa shape index (κ1) is 59.1. The highest BCUT2D eigenvalue weighted by Crippen LogP contribution is 2.75. The van der Waals surface area contributed by atoms with Crippen molar-refractivity contribution in [1.29, 1.82) is 0 Å². The van der Waals surface area contributed by atoms with Crippen molar-refractivity contribution in [1.82, 2.24) is 0 Å². The van der Waals surface area contributed by atoms with Crippen LogP contribution in [0.3, 0.4) is 0 Å². The van der Waals surface area contributed by atoms with E-state index in [-0.39, 0.29) is 0 Å². The highest BCUT2D eigenvalue weighted by Gasteiger charge is 2.40. The van der Waals surface area contributed by atoms with E-state index >= 15 is 0 Å². The zero-order valence-electron chi connectivity index (χ0n) is 40.3. The summed E-state index contributed by atoms with van der Waals surface area (Å²) in [6.45, 7) is 0. The molecule has 0 bridgehead atoms. The fourth-order valence-electron chi connectivity index (χ4n) is 8.08. The minimum absolute atomic E-state index is 0.762. The van der Waals surface area contributed by atoms with Crippen LogP contribution < -0.4 is 0 Å². The molecule has 0 atom stereocenters. The smallest absolute Gasteiger partial charge is 0.0718 e. The topological polar surface area (TPSA) is 0 Å². The van der Waals surface area contributed by atoms with Crippen molar-refractivity contribution in [3.63, 3.8) is 0 Å². The molecule has 0 saturated carbocycles. The van der Waals surface area contributed by atoms with E-state index in [4.69, 9.17) is 0 Å². The predicted molar refractivity (Wildman–Crippen MR) is 406 cm³/mol. The van der Waals surface area contributed by atoms with Gasteiger partial charge in [0.2, 0.25) is 0 Å². The molecule has 0 saturated heterocycles. The Balaban J connectivity index is 0.773. The predicted octanol–water partition coefficient (Wildman–Crippen LogP) is 25.8. The fourth-order valence-corrected chi connectivity index (χ4v) is 43.1. The van der Waals surface area contributed by atoms with Crippen molar-refractivity contribution in [3.8, 4) is 0 Å². The standard InChI is InChI=1S/C54H36S24/c1-57-41-42(58-2)74-53(73-41)54-77-51-52(78-54)72-40(71-51)36(30-21-13-6-14-22-30)34(28-17-9-4-10-18-28)38-67-45-46(68-38)62-26-60-44-43(59-25-61-45)65-37(66-44)33(27-15-7-3-8-16-27)35(29-19-11-5-12-20-29)39-69-49-50(70-39)76-48(75-49)47-63-31(23-55)32(24-56)64-47/h3-22,55-56H,23-26H2,1-2H3. The van der Waals surface area contributed by atoms with Gasteiger partial charge in [-0.05, 0) is 34.8 Å². The molecule has 0 fully saturated rings. The molecule has 0 unspecified atom stereocenters. The van der Waals surface area contributed by atoms with Gasteiger partial charge in [-0.25, -0.2) is 0 Å². The van der Waals surface area contributed by atoms with E-state index in [0.717, 1.165) is 21.7 Å². The summed E-state index contributed by atoms with van der Waals surface area (Å²) in [6.07, 6.45) is 4.40. The lowest BCUT2D eigenvalue weighted by molar-refractivity contribution is 1.59. The molecular weight excluding hydrogens is 1420 g/mol. The minimum atomic E-state index is 0.762. The summed E-state index contributed by atoms with van der Waals surface area (Å²) in [6, 6.07) is 44.7. The number of benzene rings is 4. The van der Waals surface area contributed by atoms with Crippen LogP contribution in [0.15, 0.2) is 207 Å². The molecule has 0 spiro atoms. The summed E-state index contributed by atoms with van der Waals surface area (Å²) in [5, 5.41) is 1.90. The maximum atomic E-state index is 4.65. The van der Waals surface area contributed by atoms with Crippen LogP contribution in [0.25, 0.3) is 22.3 Å². The molecule has 0 radical (unpaired) electrons. The Labute approximate surface area is 561 Å². The highest BCUT2D eigenvalue weighted by molar-refractivity contribution is 8.51. The van der Waals surface area contributed by atoms with E-state index < -0.39 is 0 Å². The van der Waals surface area contributed by atoms with Gasteiger partial charge in [0.1, 0.15) is 0 Å². The third-order valence-electron chi connectivity index (χ3n) is 11.5. The molecule has 0 N–H and O–H groups in total. The average molecular weight is 1450 g/mol. The van der Waals surface area contributed by atoms with Gasteiger partial charge in [0.25, 0.3) is 0 Å². The lowest BCUT2D eigenvalue weighted by atomic mass is 9.95. The molecule has 9 heterocycles. The van der Waals surface area contributed by atoms with Gasteiger partial charge in [-0.1, -0.05) is 310 Å². The van der Waals surface area contributed by atoms with Crippen LogP contribution in [0.4, 0.5) is 0 Å². The molecule has 13 rings (SSSR count). The Morgan fingerprint density at radius 2 is 0.538 bits per heavy atom. The summed E-state index contributed by atoms with van der Waals surface area (Å²) in [4.78, 5) is 2.68. The van der Waals surface area contributed by atoms with Gasteiger partial charge in [0.05, 0.1) is 76.3 Å². The number of hydrogen-bond acceptors (Lipinski definition) is 24. The number of thiol groups is 2. The van der Waals surface area contributed by atoms with Gasteiger partial charge >= 0.3 is 0 Å². The molecule has 78 heavy (non-hydrogen) atoms. The molecule has 0 amide bonds. The van der Waals surface area contributed by atoms with Crippen molar-refractivity contribution < 1.29 is 0 Å². The summed E-state index contributed by atoms with van der Waals surface area (Å²) >= 11 is 52.5. The van der Waals surface area contributed by atoms with Crippen LogP contribution in [0.2, 0.25) is 0 Å². The van der Waals surface area contributed by atoms with Crippen molar-refractivity contribution in [2.45, 2.75) is 0 Å². The first-order valence-electron chi connectivity index (χ1n) is 23.2. The maximum absolute atomic E-state index is 4.65. The molecule has 0 nitrogen and oxygen atoms in total. The van der Waals surface area contributed by atoms with Crippen LogP contribution in [0.5, 0.6) is 0 Å². The molecule has 4 aromatic carbocycles. The second-order valence-electron chi connectivity index (χ2n) is 16.2. The van der Waals surface area contributed by atoms with Crippen LogP contribution in [0, 0.1) is 0 Å². The van der Waals surface area contributed by atoms with Gasteiger partial charge < -0.3 is 0 Å². The average Bonchev–Trinajstić information content (AvgIpc) is 4.38. The van der Waals surface area contributed by atoms with E-state index in [1.165, 1.54) is 131 Å². The third kappa shape index (κ3) is 12.9. The van der Waals surface area contributed by atoms with Crippen LogP contribution >= 0.6 is 284 Å². The summed E-state index contributed by atoms with van der Waals surface area (Å²) in [5.74, 6) is 1.52. The Morgan fingerprint density at radius 1 is 0.308 bits per heavy atom. The lowest BCUT2D eigenvalue weighted by Crippen LogP contribution is -1.95. The molecule has 9 aliphatic heterocycles. The molecule has 4 aromatic rings.